The Bertz CT molecular complexity index is 1930. The third kappa shape index (κ3) is 6.34. The molecule has 0 atom stereocenters. The Balaban J connectivity index is 1.04. The maximum Gasteiger partial charge on any atom is 0.387 e. The summed E-state index contributed by atoms with van der Waals surface area (Å²) >= 11 is 5.95. The van der Waals surface area contributed by atoms with Gasteiger partial charge in [0.15, 0.2) is 0 Å². The summed E-state index contributed by atoms with van der Waals surface area (Å²) in [6, 6.07) is 17.4. The van der Waals surface area contributed by atoms with Crippen molar-refractivity contribution in [1.29, 1.82) is 5.26 Å². The predicted molar refractivity (Wildman–Crippen MR) is 172 cm³/mol. The van der Waals surface area contributed by atoms with Gasteiger partial charge in [0.25, 0.3) is 0 Å². The van der Waals surface area contributed by atoms with E-state index in [4.69, 9.17) is 26.3 Å². The molecule has 47 heavy (non-hydrogen) atoms. The van der Waals surface area contributed by atoms with Crippen molar-refractivity contribution in [2.75, 3.05) is 18.0 Å². The molecule has 3 heterocycles. The highest BCUT2D eigenvalue weighted by Gasteiger charge is 2.47. The average molecular weight is 660 g/mol. The lowest BCUT2D eigenvalue weighted by Crippen LogP contribution is -2.57. The lowest BCUT2D eigenvalue weighted by Gasteiger charge is -2.52. The summed E-state index contributed by atoms with van der Waals surface area (Å²) in [5.74, 6) is 0.204. The fourth-order valence-electron chi connectivity index (χ4n) is 6.76. The highest BCUT2D eigenvalue weighted by atomic mass is 35.5. The van der Waals surface area contributed by atoms with Crippen molar-refractivity contribution in [3.05, 3.63) is 82.5 Å². The predicted octanol–water partition coefficient (Wildman–Crippen LogP) is 7.73. The quantitative estimate of drug-likeness (QED) is 0.174. The fraction of sp³-hybridized carbons (Fsp3) is 0.371. The number of aromatic carboxylic acids is 1. The Labute approximate surface area is 275 Å². The topological polar surface area (TPSA) is 114 Å². The Kier molecular flexibility index (Phi) is 8.00. The molecule has 2 fully saturated rings. The number of hydrogen-bond donors (Lipinski definition) is 1. The van der Waals surface area contributed by atoms with Crippen molar-refractivity contribution in [2.24, 2.45) is 10.8 Å². The van der Waals surface area contributed by atoms with E-state index in [1.165, 1.54) is 6.07 Å². The minimum atomic E-state index is -2.98. The molecular weight excluding hydrogens is 628 g/mol. The number of nitrogens with zero attached hydrogens (tertiary/aromatic N) is 5. The first-order chi connectivity index (χ1) is 22.6. The number of aromatic nitrogens is 3. The number of pyridine rings is 1. The molecule has 4 aromatic rings. The smallest absolute Gasteiger partial charge is 0.387 e. The molecule has 1 spiro atoms. The molecule has 9 nitrogen and oxygen atoms in total. The highest BCUT2D eigenvalue weighted by molar-refractivity contribution is 6.30. The van der Waals surface area contributed by atoms with E-state index in [9.17, 15) is 23.9 Å². The van der Waals surface area contributed by atoms with Crippen LogP contribution in [-0.4, -0.2) is 45.3 Å². The highest BCUT2D eigenvalue weighted by Crippen LogP contribution is 2.52. The van der Waals surface area contributed by atoms with Gasteiger partial charge in [-0.15, -0.1) is 0 Å². The van der Waals surface area contributed by atoms with Crippen molar-refractivity contribution in [3.8, 4) is 17.7 Å². The number of ether oxygens (including phenoxy) is 2. The number of carbonyl (C=O) groups is 1. The third-order valence-electron chi connectivity index (χ3n) is 9.59. The van der Waals surface area contributed by atoms with Gasteiger partial charge in [0.05, 0.1) is 28.4 Å². The molecule has 242 valence electrons. The molecule has 0 unspecified atom stereocenters. The standard InChI is InChI=1S/C35H32ClF2N5O4/c36-25-6-4-24(29(17-25)47-32(37)38)18-46-30-3-1-2-26(40-30)22-8-10-35(11-9-22)19-42(20-35)33-41-27-7-5-23(31(44)45)16-28(27)43(33)21-34(12-13-34)14-15-39/h1-8,16-17,32H,9-14,18-21H2,(H,44,45). The fourth-order valence-corrected chi connectivity index (χ4v) is 6.92. The summed E-state index contributed by atoms with van der Waals surface area (Å²) in [7, 11) is 0. The number of carboxylic acid groups (broad SMARTS) is 1. The first-order valence-electron chi connectivity index (χ1n) is 15.5. The second-order valence-corrected chi connectivity index (χ2v) is 13.3. The normalized spacial score (nSPS) is 17.7. The molecule has 1 N–H and O–H groups in total. The Morgan fingerprint density at radius 2 is 1.94 bits per heavy atom. The van der Waals surface area contributed by atoms with E-state index in [-0.39, 0.29) is 33.8 Å². The number of rotatable bonds is 11. The number of hydrogen-bond acceptors (Lipinski definition) is 7. The summed E-state index contributed by atoms with van der Waals surface area (Å²) in [5.41, 5.74) is 4.17. The molecule has 0 amide bonds. The molecule has 2 aromatic carbocycles. The van der Waals surface area contributed by atoms with Crippen molar-refractivity contribution in [2.45, 2.75) is 58.3 Å². The minimum Gasteiger partial charge on any atom is -0.478 e. The van der Waals surface area contributed by atoms with E-state index in [1.54, 1.807) is 36.4 Å². The third-order valence-corrected chi connectivity index (χ3v) is 9.83. The van der Waals surface area contributed by atoms with Gasteiger partial charge in [0, 0.05) is 53.5 Å². The summed E-state index contributed by atoms with van der Waals surface area (Å²) in [5, 5.41) is 19.3. The first kappa shape index (κ1) is 30.9. The largest absolute Gasteiger partial charge is 0.478 e. The summed E-state index contributed by atoms with van der Waals surface area (Å²) in [6.45, 7) is -0.676. The molecule has 2 aliphatic carbocycles. The van der Waals surface area contributed by atoms with Crippen molar-refractivity contribution < 1.29 is 28.2 Å². The number of alkyl halides is 2. The first-order valence-corrected chi connectivity index (χ1v) is 15.9. The van der Waals surface area contributed by atoms with Crippen molar-refractivity contribution in [3.63, 3.8) is 0 Å². The minimum absolute atomic E-state index is 0.00626. The zero-order valence-corrected chi connectivity index (χ0v) is 26.2. The lowest BCUT2D eigenvalue weighted by atomic mass is 9.69. The zero-order valence-electron chi connectivity index (χ0n) is 25.5. The van der Waals surface area contributed by atoms with Gasteiger partial charge in [0.2, 0.25) is 11.8 Å². The number of allylic oxidation sites excluding steroid dienone is 2. The molecule has 0 radical (unpaired) electrons. The molecule has 1 saturated carbocycles. The monoisotopic (exact) mass is 659 g/mol. The zero-order chi connectivity index (χ0) is 32.8. The lowest BCUT2D eigenvalue weighted by molar-refractivity contribution is -0.0508. The van der Waals surface area contributed by atoms with Crippen LogP contribution in [0.5, 0.6) is 11.6 Å². The summed E-state index contributed by atoms with van der Waals surface area (Å²) in [4.78, 5) is 23.6. The van der Waals surface area contributed by atoms with Crippen LogP contribution in [0.15, 0.2) is 60.7 Å². The maximum atomic E-state index is 12.9. The number of nitriles is 1. The SMILES string of the molecule is N#CCC1(Cn2c(N3CC4(CC=C(c5cccc(OCc6ccc(Cl)cc6OC(F)F)n5)CC4)C3)nc3ccc(C(=O)O)cc32)CC1. The Morgan fingerprint density at radius 1 is 1.11 bits per heavy atom. The van der Waals surface area contributed by atoms with E-state index in [0.29, 0.717) is 24.4 Å². The summed E-state index contributed by atoms with van der Waals surface area (Å²) < 4.78 is 38.3. The average Bonchev–Trinajstić information content (AvgIpc) is 3.71. The number of benzene rings is 2. The van der Waals surface area contributed by atoms with Gasteiger partial charge in [-0.2, -0.15) is 14.0 Å². The summed E-state index contributed by atoms with van der Waals surface area (Å²) in [6.07, 6.45) is 7.37. The van der Waals surface area contributed by atoms with Gasteiger partial charge in [-0.3, -0.25) is 0 Å². The van der Waals surface area contributed by atoms with E-state index in [0.717, 1.165) is 73.4 Å². The van der Waals surface area contributed by atoms with E-state index < -0.39 is 12.6 Å². The van der Waals surface area contributed by atoms with Crippen LogP contribution >= 0.6 is 11.6 Å². The second kappa shape index (κ2) is 12.2. The number of fused-ring (bicyclic) bond motifs is 1. The van der Waals surface area contributed by atoms with Crippen molar-refractivity contribution >= 4 is 40.1 Å². The van der Waals surface area contributed by atoms with Crippen LogP contribution in [0.4, 0.5) is 14.7 Å². The van der Waals surface area contributed by atoms with E-state index in [1.807, 2.05) is 12.1 Å². The van der Waals surface area contributed by atoms with Crippen LogP contribution < -0.4 is 14.4 Å². The van der Waals surface area contributed by atoms with E-state index in [2.05, 4.69) is 26.3 Å². The molecule has 7 rings (SSSR count). The van der Waals surface area contributed by atoms with Gasteiger partial charge in [-0.1, -0.05) is 29.8 Å². The van der Waals surface area contributed by atoms with Gasteiger partial charge in [-0.05, 0) is 74.1 Å². The van der Waals surface area contributed by atoms with Crippen LogP contribution in [0.25, 0.3) is 16.6 Å². The maximum absolute atomic E-state index is 12.9. The molecule has 2 aromatic heterocycles. The number of halogens is 3. The Hall–Kier alpha value is -4.69. The van der Waals surface area contributed by atoms with Crippen LogP contribution in [0.2, 0.25) is 5.02 Å². The van der Waals surface area contributed by atoms with E-state index >= 15 is 0 Å². The van der Waals surface area contributed by atoms with Crippen LogP contribution in [0.1, 0.15) is 60.1 Å². The van der Waals surface area contributed by atoms with Crippen molar-refractivity contribution in [1.82, 2.24) is 14.5 Å². The van der Waals surface area contributed by atoms with Crippen LogP contribution in [0, 0.1) is 22.2 Å². The molecule has 3 aliphatic rings. The molecular formula is C35H32ClF2N5O4. The molecule has 1 aliphatic heterocycles. The Morgan fingerprint density at radius 3 is 2.64 bits per heavy atom. The number of anilines is 1. The van der Waals surface area contributed by atoms with Gasteiger partial charge in [-0.25, -0.2) is 14.8 Å². The van der Waals surface area contributed by atoms with Crippen LogP contribution in [0.3, 0.4) is 0 Å². The van der Waals surface area contributed by atoms with Gasteiger partial charge in [0.1, 0.15) is 12.4 Å². The second-order valence-electron chi connectivity index (χ2n) is 12.9. The van der Waals surface area contributed by atoms with Gasteiger partial charge >= 0.3 is 12.6 Å². The molecule has 12 heteroatoms. The molecule has 1 saturated heterocycles. The number of carboxylic acids is 1. The van der Waals surface area contributed by atoms with Gasteiger partial charge < -0.3 is 24.0 Å². The van der Waals surface area contributed by atoms with Crippen LogP contribution in [-0.2, 0) is 13.2 Å². The molecule has 0 bridgehead atoms. The number of imidazole rings is 1.